The molecule has 5 nitrogen and oxygen atoms in total. The Kier molecular flexibility index (Phi) is 3.22. The van der Waals surface area contributed by atoms with Crippen LogP contribution >= 0.6 is 0 Å². The van der Waals surface area contributed by atoms with Gasteiger partial charge in [-0.15, -0.1) is 0 Å². The molecule has 1 aromatic heterocycles. The number of nitrogens with zero attached hydrogens (tertiary/aromatic N) is 1. The lowest BCUT2D eigenvalue weighted by Crippen LogP contribution is -2.24. The molecule has 1 heterocycles. The summed E-state index contributed by atoms with van der Waals surface area (Å²) >= 11 is 0. The standard InChI is InChI=1S/C11H10F2N4O/c12-7-4-8(13)9(14)3-6(7)11(18)17-5-10-15-1-2-16-10/h1-4H,5,14H2,(H,15,16)(H,17,18). The van der Waals surface area contributed by atoms with Crippen molar-refractivity contribution in [1.29, 1.82) is 0 Å². The Bertz CT molecular complexity index is 569. The SMILES string of the molecule is Nc1cc(C(=O)NCc2ncc[nH]2)c(F)cc1F. The average molecular weight is 252 g/mol. The number of carbonyl (C=O) groups is 1. The molecule has 0 saturated carbocycles. The van der Waals surface area contributed by atoms with Gasteiger partial charge in [0.15, 0.2) is 0 Å². The number of aromatic amines is 1. The lowest BCUT2D eigenvalue weighted by atomic mass is 10.1. The summed E-state index contributed by atoms with van der Waals surface area (Å²) in [6, 6.07) is 1.54. The molecule has 0 fully saturated rings. The fraction of sp³-hybridized carbons (Fsp3) is 0.0909. The Labute approximate surface area is 101 Å². The van der Waals surface area contributed by atoms with Crippen molar-refractivity contribution in [2.45, 2.75) is 6.54 Å². The quantitative estimate of drug-likeness (QED) is 0.718. The minimum atomic E-state index is -0.960. The second-order valence-corrected chi connectivity index (χ2v) is 3.57. The van der Waals surface area contributed by atoms with E-state index in [-0.39, 0.29) is 17.8 Å². The van der Waals surface area contributed by atoms with E-state index in [0.717, 1.165) is 6.07 Å². The molecule has 0 aliphatic carbocycles. The second-order valence-electron chi connectivity index (χ2n) is 3.57. The molecular formula is C11H10F2N4O. The molecule has 0 aliphatic heterocycles. The maximum atomic E-state index is 13.4. The number of H-pyrrole nitrogens is 1. The normalized spacial score (nSPS) is 10.3. The molecule has 0 atom stereocenters. The first-order valence-corrected chi connectivity index (χ1v) is 5.09. The van der Waals surface area contributed by atoms with Crippen LogP contribution in [0, 0.1) is 11.6 Å². The summed E-state index contributed by atoms with van der Waals surface area (Å²) in [4.78, 5) is 18.3. The first kappa shape index (κ1) is 12.0. The van der Waals surface area contributed by atoms with Crippen molar-refractivity contribution in [3.63, 3.8) is 0 Å². The molecule has 1 aromatic carbocycles. The van der Waals surface area contributed by atoms with Gasteiger partial charge in [0.25, 0.3) is 5.91 Å². The number of nitrogen functional groups attached to an aromatic ring is 1. The lowest BCUT2D eigenvalue weighted by Gasteiger charge is -2.06. The van der Waals surface area contributed by atoms with E-state index in [1.54, 1.807) is 6.20 Å². The lowest BCUT2D eigenvalue weighted by molar-refractivity contribution is 0.0946. The Morgan fingerprint density at radius 2 is 2.17 bits per heavy atom. The largest absolute Gasteiger partial charge is 0.396 e. The van der Waals surface area contributed by atoms with Gasteiger partial charge in [0, 0.05) is 18.5 Å². The van der Waals surface area contributed by atoms with Gasteiger partial charge in [-0.1, -0.05) is 0 Å². The number of hydrogen-bond donors (Lipinski definition) is 3. The third-order valence-electron chi connectivity index (χ3n) is 2.30. The van der Waals surface area contributed by atoms with Crippen molar-refractivity contribution in [3.8, 4) is 0 Å². The molecule has 0 unspecified atom stereocenters. The van der Waals surface area contributed by atoms with Crippen LogP contribution in [0.5, 0.6) is 0 Å². The Hall–Kier alpha value is -2.44. The number of aromatic nitrogens is 2. The van der Waals surface area contributed by atoms with E-state index in [0.29, 0.717) is 11.9 Å². The van der Waals surface area contributed by atoms with Gasteiger partial charge in [-0.3, -0.25) is 4.79 Å². The molecule has 2 rings (SSSR count). The second kappa shape index (κ2) is 4.82. The fourth-order valence-electron chi connectivity index (χ4n) is 1.39. The first-order valence-electron chi connectivity index (χ1n) is 5.09. The molecule has 0 aliphatic rings. The summed E-state index contributed by atoms with van der Waals surface area (Å²) in [5.41, 5.74) is 4.69. The van der Waals surface area contributed by atoms with Crippen molar-refractivity contribution >= 4 is 11.6 Å². The smallest absolute Gasteiger partial charge is 0.254 e. The highest BCUT2D eigenvalue weighted by atomic mass is 19.1. The Balaban J connectivity index is 2.11. The minimum Gasteiger partial charge on any atom is -0.396 e. The molecule has 0 spiro atoms. The summed E-state index contributed by atoms with van der Waals surface area (Å²) in [7, 11) is 0. The van der Waals surface area contributed by atoms with Crippen molar-refractivity contribution < 1.29 is 13.6 Å². The average Bonchev–Trinajstić information content (AvgIpc) is 2.84. The number of carbonyl (C=O) groups excluding carboxylic acids is 1. The van der Waals surface area contributed by atoms with Crippen LogP contribution in [-0.2, 0) is 6.54 Å². The van der Waals surface area contributed by atoms with Crippen molar-refractivity contribution in [3.05, 3.63) is 47.5 Å². The summed E-state index contributed by atoms with van der Waals surface area (Å²) in [5.74, 6) is -2.01. The molecule has 7 heteroatoms. The van der Waals surface area contributed by atoms with Gasteiger partial charge < -0.3 is 16.0 Å². The molecule has 0 bridgehead atoms. The van der Waals surface area contributed by atoms with Crippen LogP contribution in [0.4, 0.5) is 14.5 Å². The first-order chi connectivity index (χ1) is 8.58. The molecule has 4 N–H and O–H groups in total. The zero-order valence-electron chi connectivity index (χ0n) is 9.21. The summed E-state index contributed by atoms with van der Waals surface area (Å²) < 4.78 is 26.3. The van der Waals surface area contributed by atoms with E-state index in [4.69, 9.17) is 5.73 Å². The number of anilines is 1. The fourth-order valence-corrected chi connectivity index (χ4v) is 1.39. The number of rotatable bonds is 3. The molecule has 2 aromatic rings. The predicted molar refractivity (Wildman–Crippen MR) is 60.5 cm³/mol. The molecule has 18 heavy (non-hydrogen) atoms. The number of imidazole rings is 1. The zero-order valence-corrected chi connectivity index (χ0v) is 9.21. The van der Waals surface area contributed by atoms with E-state index in [9.17, 15) is 13.6 Å². The minimum absolute atomic E-state index is 0.114. The van der Waals surface area contributed by atoms with Crippen molar-refractivity contribution in [2.75, 3.05) is 5.73 Å². The number of nitrogens with two attached hydrogens (primary N) is 1. The van der Waals surface area contributed by atoms with Gasteiger partial charge >= 0.3 is 0 Å². The Morgan fingerprint density at radius 1 is 1.39 bits per heavy atom. The van der Waals surface area contributed by atoms with Crippen LogP contribution < -0.4 is 11.1 Å². The van der Waals surface area contributed by atoms with Gasteiger partial charge in [0.05, 0.1) is 17.8 Å². The van der Waals surface area contributed by atoms with Crippen molar-refractivity contribution in [2.24, 2.45) is 0 Å². The molecule has 1 amide bonds. The van der Waals surface area contributed by atoms with Crippen LogP contribution in [-0.4, -0.2) is 15.9 Å². The van der Waals surface area contributed by atoms with E-state index in [1.807, 2.05) is 0 Å². The van der Waals surface area contributed by atoms with E-state index in [1.165, 1.54) is 6.20 Å². The van der Waals surface area contributed by atoms with Gasteiger partial charge in [0.1, 0.15) is 17.5 Å². The van der Waals surface area contributed by atoms with Crippen molar-refractivity contribution in [1.82, 2.24) is 15.3 Å². The Morgan fingerprint density at radius 3 is 2.83 bits per heavy atom. The highest BCUT2D eigenvalue weighted by Gasteiger charge is 2.14. The van der Waals surface area contributed by atoms with Gasteiger partial charge in [-0.05, 0) is 6.07 Å². The van der Waals surface area contributed by atoms with Gasteiger partial charge in [-0.25, -0.2) is 13.8 Å². The predicted octanol–water partition coefficient (Wildman–Crippen LogP) is 1.20. The number of nitrogens with one attached hydrogen (secondary N) is 2. The number of benzene rings is 1. The van der Waals surface area contributed by atoms with Crippen LogP contribution in [0.2, 0.25) is 0 Å². The van der Waals surface area contributed by atoms with Crippen LogP contribution in [0.15, 0.2) is 24.5 Å². The molecule has 0 radical (unpaired) electrons. The van der Waals surface area contributed by atoms with Crippen LogP contribution in [0.3, 0.4) is 0 Å². The highest BCUT2D eigenvalue weighted by Crippen LogP contribution is 2.16. The monoisotopic (exact) mass is 252 g/mol. The highest BCUT2D eigenvalue weighted by molar-refractivity contribution is 5.95. The number of hydrogen-bond acceptors (Lipinski definition) is 3. The third-order valence-corrected chi connectivity index (χ3v) is 2.30. The molecular weight excluding hydrogens is 242 g/mol. The molecule has 94 valence electrons. The zero-order chi connectivity index (χ0) is 13.1. The van der Waals surface area contributed by atoms with Crippen LogP contribution in [0.25, 0.3) is 0 Å². The van der Waals surface area contributed by atoms with E-state index < -0.39 is 17.5 Å². The number of halogens is 2. The van der Waals surface area contributed by atoms with E-state index >= 15 is 0 Å². The topological polar surface area (TPSA) is 83.8 Å². The summed E-state index contributed by atoms with van der Waals surface area (Å²) in [6.45, 7) is 0.114. The van der Waals surface area contributed by atoms with Gasteiger partial charge in [0.2, 0.25) is 0 Å². The maximum absolute atomic E-state index is 13.4. The van der Waals surface area contributed by atoms with E-state index in [2.05, 4.69) is 15.3 Å². The summed E-state index contributed by atoms with van der Waals surface area (Å²) in [6.07, 6.45) is 3.12. The maximum Gasteiger partial charge on any atom is 0.254 e. The molecule has 0 saturated heterocycles. The number of amides is 1. The van der Waals surface area contributed by atoms with Gasteiger partial charge in [-0.2, -0.15) is 0 Å². The third kappa shape index (κ3) is 2.45. The summed E-state index contributed by atoms with van der Waals surface area (Å²) in [5, 5.41) is 2.44. The van der Waals surface area contributed by atoms with Crippen LogP contribution in [0.1, 0.15) is 16.2 Å².